The monoisotopic (exact) mass is 611 g/mol. The molecule has 202 valence electrons. The van der Waals surface area contributed by atoms with Crippen LogP contribution in [0.3, 0.4) is 0 Å². The van der Waals surface area contributed by atoms with E-state index in [1.54, 1.807) is 49.6 Å². The molecule has 39 heavy (non-hydrogen) atoms. The van der Waals surface area contributed by atoms with Crippen molar-refractivity contribution in [2.45, 2.75) is 13.8 Å². The van der Waals surface area contributed by atoms with Crippen LogP contribution in [0.15, 0.2) is 64.0 Å². The molecule has 1 aliphatic heterocycles. The molecule has 0 N–H and O–H groups in total. The van der Waals surface area contributed by atoms with Crippen molar-refractivity contribution in [1.29, 1.82) is 0 Å². The number of hydrogen-bond acceptors (Lipinski definition) is 8. The number of thioether (sulfide) groups is 1. The van der Waals surface area contributed by atoms with Gasteiger partial charge in [0.15, 0.2) is 11.5 Å². The highest BCUT2D eigenvalue weighted by atomic mass is 79.9. The maximum Gasteiger partial charge on any atom is 0.343 e. The second kappa shape index (κ2) is 12.4. The van der Waals surface area contributed by atoms with E-state index in [2.05, 4.69) is 15.9 Å². The molecule has 10 heteroatoms. The van der Waals surface area contributed by atoms with Gasteiger partial charge >= 0.3 is 5.97 Å². The van der Waals surface area contributed by atoms with Crippen molar-refractivity contribution in [3.8, 4) is 23.0 Å². The minimum Gasteiger partial charge on any atom is -0.497 e. The number of amides is 2. The van der Waals surface area contributed by atoms with Gasteiger partial charge in [-0.25, -0.2) is 4.79 Å². The SMILES string of the molecule is COc1ccc(C(=O)Oc2c(Br)cc(/C=C3\SC(=O)N(CCOc4cc(C)ccc4C)C3=O)cc2OC)cc1. The van der Waals surface area contributed by atoms with Crippen molar-refractivity contribution in [3.05, 3.63) is 86.2 Å². The molecule has 1 heterocycles. The minimum atomic E-state index is -0.575. The van der Waals surface area contributed by atoms with Gasteiger partial charge in [0.2, 0.25) is 0 Å². The predicted octanol–water partition coefficient (Wildman–Crippen LogP) is 6.42. The summed E-state index contributed by atoms with van der Waals surface area (Å²) >= 11 is 4.28. The molecule has 0 saturated carbocycles. The lowest BCUT2D eigenvalue weighted by atomic mass is 10.1. The summed E-state index contributed by atoms with van der Waals surface area (Å²) in [6.07, 6.45) is 1.60. The molecule has 0 bridgehead atoms. The number of ether oxygens (including phenoxy) is 4. The van der Waals surface area contributed by atoms with Crippen molar-refractivity contribution in [2.75, 3.05) is 27.4 Å². The highest BCUT2D eigenvalue weighted by Crippen LogP contribution is 2.39. The Labute approximate surface area is 239 Å². The van der Waals surface area contributed by atoms with E-state index in [1.165, 1.54) is 12.0 Å². The summed E-state index contributed by atoms with van der Waals surface area (Å²) in [5, 5.41) is -0.369. The number of nitrogens with zero attached hydrogens (tertiary/aromatic N) is 1. The number of hydrogen-bond donors (Lipinski definition) is 0. The summed E-state index contributed by atoms with van der Waals surface area (Å²) in [7, 11) is 2.99. The Bertz CT molecular complexity index is 1450. The normalized spacial score (nSPS) is 14.1. The highest BCUT2D eigenvalue weighted by Gasteiger charge is 2.35. The van der Waals surface area contributed by atoms with Crippen LogP contribution in [0.4, 0.5) is 4.79 Å². The molecule has 0 atom stereocenters. The van der Waals surface area contributed by atoms with E-state index in [9.17, 15) is 14.4 Å². The molecule has 0 aliphatic carbocycles. The highest BCUT2D eigenvalue weighted by molar-refractivity contribution is 9.10. The summed E-state index contributed by atoms with van der Waals surface area (Å²) in [5.41, 5.74) is 2.96. The van der Waals surface area contributed by atoms with Crippen molar-refractivity contribution in [1.82, 2.24) is 4.90 Å². The summed E-state index contributed by atoms with van der Waals surface area (Å²) in [4.78, 5) is 39.6. The van der Waals surface area contributed by atoms with Crippen molar-refractivity contribution >= 4 is 50.9 Å². The van der Waals surface area contributed by atoms with Gasteiger partial charge in [-0.05, 0) is 107 Å². The Morgan fingerprint density at radius 2 is 1.72 bits per heavy atom. The van der Waals surface area contributed by atoms with Gasteiger partial charge in [0.1, 0.15) is 18.1 Å². The number of methoxy groups -OCH3 is 2. The molecular weight excluding hydrogens is 586 g/mol. The van der Waals surface area contributed by atoms with Gasteiger partial charge < -0.3 is 18.9 Å². The predicted molar refractivity (Wildman–Crippen MR) is 153 cm³/mol. The second-order valence-electron chi connectivity index (χ2n) is 8.60. The van der Waals surface area contributed by atoms with Crippen LogP contribution in [0.1, 0.15) is 27.0 Å². The fourth-order valence-electron chi connectivity index (χ4n) is 3.75. The average molecular weight is 612 g/mol. The number of rotatable bonds is 9. The van der Waals surface area contributed by atoms with E-state index in [-0.39, 0.29) is 34.8 Å². The fraction of sp³-hybridized carbons (Fsp3) is 0.207. The molecule has 4 rings (SSSR count). The lowest BCUT2D eigenvalue weighted by Crippen LogP contribution is -2.32. The lowest BCUT2D eigenvalue weighted by molar-refractivity contribution is -0.123. The zero-order valence-electron chi connectivity index (χ0n) is 21.8. The summed E-state index contributed by atoms with van der Waals surface area (Å²) < 4.78 is 22.4. The maximum atomic E-state index is 13.0. The molecular formula is C29H26BrNO7S. The van der Waals surface area contributed by atoms with Crippen LogP contribution < -0.4 is 18.9 Å². The smallest absolute Gasteiger partial charge is 0.343 e. The van der Waals surface area contributed by atoms with E-state index in [4.69, 9.17) is 18.9 Å². The Morgan fingerprint density at radius 1 is 0.974 bits per heavy atom. The van der Waals surface area contributed by atoms with Crippen LogP contribution in [0, 0.1) is 13.8 Å². The first-order valence-electron chi connectivity index (χ1n) is 11.9. The average Bonchev–Trinajstić information content (AvgIpc) is 3.19. The zero-order valence-corrected chi connectivity index (χ0v) is 24.2. The quantitative estimate of drug-likeness (QED) is 0.155. The Balaban J connectivity index is 1.46. The van der Waals surface area contributed by atoms with Crippen molar-refractivity contribution < 1.29 is 33.3 Å². The van der Waals surface area contributed by atoms with E-state index in [1.807, 2.05) is 32.0 Å². The minimum absolute atomic E-state index is 0.128. The molecule has 0 spiro atoms. The van der Waals surface area contributed by atoms with Gasteiger partial charge in [0, 0.05) is 0 Å². The second-order valence-corrected chi connectivity index (χ2v) is 10.5. The Kier molecular flexibility index (Phi) is 8.98. The van der Waals surface area contributed by atoms with Gasteiger partial charge in [-0.15, -0.1) is 0 Å². The number of benzene rings is 3. The van der Waals surface area contributed by atoms with Gasteiger partial charge in [-0.3, -0.25) is 14.5 Å². The molecule has 0 radical (unpaired) electrons. The van der Waals surface area contributed by atoms with E-state index >= 15 is 0 Å². The molecule has 1 saturated heterocycles. The standard InChI is InChI=1S/C29H26BrNO7S/c1-17-5-6-18(2)23(13-17)37-12-11-31-27(32)25(39-29(31)34)16-19-14-22(30)26(24(15-19)36-4)38-28(33)20-7-9-21(35-3)10-8-20/h5-10,13-16H,11-12H2,1-4H3/b25-16-. The molecule has 2 amide bonds. The zero-order chi connectivity index (χ0) is 28.1. The number of imide groups is 1. The van der Waals surface area contributed by atoms with Gasteiger partial charge in [-0.2, -0.15) is 0 Å². The Hall–Kier alpha value is -3.76. The summed E-state index contributed by atoms with van der Waals surface area (Å²) in [5.74, 6) is 0.828. The molecule has 1 aliphatic rings. The first kappa shape index (κ1) is 28.3. The first-order valence-corrected chi connectivity index (χ1v) is 13.5. The van der Waals surface area contributed by atoms with Crippen LogP contribution in [-0.2, 0) is 4.79 Å². The van der Waals surface area contributed by atoms with Crippen molar-refractivity contribution in [2.24, 2.45) is 0 Å². The third kappa shape index (κ3) is 6.63. The van der Waals surface area contributed by atoms with E-state index < -0.39 is 11.9 Å². The van der Waals surface area contributed by atoms with Crippen LogP contribution >= 0.6 is 27.7 Å². The number of carbonyl (C=O) groups excluding carboxylic acids is 3. The van der Waals surface area contributed by atoms with Crippen molar-refractivity contribution in [3.63, 3.8) is 0 Å². The molecule has 0 aromatic heterocycles. The summed E-state index contributed by atoms with van der Waals surface area (Å²) in [6.45, 7) is 4.22. The van der Waals surface area contributed by atoms with Gasteiger partial charge in [0.05, 0.1) is 35.7 Å². The first-order chi connectivity index (χ1) is 18.7. The van der Waals surface area contributed by atoms with Crippen LogP contribution in [-0.4, -0.2) is 49.4 Å². The summed E-state index contributed by atoms with van der Waals surface area (Å²) in [6, 6.07) is 15.7. The Morgan fingerprint density at radius 3 is 2.41 bits per heavy atom. The van der Waals surface area contributed by atoms with Crippen LogP contribution in [0.25, 0.3) is 6.08 Å². The number of halogens is 1. The third-order valence-electron chi connectivity index (χ3n) is 5.86. The molecule has 3 aromatic rings. The van der Waals surface area contributed by atoms with Gasteiger partial charge in [0.25, 0.3) is 11.1 Å². The number of aryl methyl sites for hydroxylation is 2. The number of carbonyl (C=O) groups is 3. The molecule has 3 aromatic carbocycles. The lowest BCUT2D eigenvalue weighted by Gasteiger charge is -2.15. The van der Waals surface area contributed by atoms with E-state index in [0.29, 0.717) is 21.3 Å². The molecule has 8 nitrogen and oxygen atoms in total. The third-order valence-corrected chi connectivity index (χ3v) is 7.36. The van der Waals surface area contributed by atoms with Crippen LogP contribution in [0.2, 0.25) is 0 Å². The van der Waals surface area contributed by atoms with Crippen LogP contribution in [0.5, 0.6) is 23.0 Å². The largest absolute Gasteiger partial charge is 0.497 e. The van der Waals surface area contributed by atoms with E-state index in [0.717, 1.165) is 28.6 Å². The molecule has 0 unspecified atom stereocenters. The van der Waals surface area contributed by atoms with Gasteiger partial charge in [-0.1, -0.05) is 12.1 Å². The fourth-order valence-corrected chi connectivity index (χ4v) is 5.16. The topological polar surface area (TPSA) is 91.4 Å². The molecule has 1 fully saturated rings. The number of esters is 1. The maximum absolute atomic E-state index is 13.0.